The molecule has 1 aromatic rings. The molecule has 4 heterocycles. The average Bonchev–Trinajstić information content (AvgIpc) is 3.16. The highest BCUT2D eigenvalue weighted by Gasteiger charge is 2.46. The quantitative estimate of drug-likeness (QED) is 0.525. The molecule has 15 heteroatoms. The standard InChI is InChI=1S/C20H29N3O2.2C2HF3O2/c24-19-1-6-20(23(19)16-17-2-9-21-10-3-17)7-11-22(12-8-20)15-18-4-13-25-14-5-18;2*3-2(4,5)1(6)7/h2-3,9-10,18H,1,4-8,11-16H2;2*(H,6,7). The molecule has 0 radical (unpaired) electrons. The van der Waals surface area contributed by atoms with Crippen molar-refractivity contribution in [3.63, 3.8) is 0 Å². The van der Waals surface area contributed by atoms with E-state index in [1.807, 2.05) is 24.5 Å². The van der Waals surface area contributed by atoms with Crippen LogP contribution in [0.1, 0.15) is 44.1 Å². The number of hydrogen-bond acceptors (Lipinski definition) is 6. The van der Waals surface area contributed by atoms with Gasteiger partial charge in [-0.3, -0.25) is 9.78 Å². The molecule has 0 saturated carbocycles. The van der Waals surface area contributed by atoms with E-state index in [2.05, 4.69) is 14.8 Å². The Balaban J connectivity index is 0.000000317. The smallest absolute Gasteiger partial charge is 0.475 e. The van der Waals surface area contributed by atoms with E-state index >= 15 is 0 Å². The number of carbonyl (C=O) groups is 3. The molecule has 3 saturated heterocycles. The molecule has 2 N–H and O–H groups in total. The van der Waals surface area contributed by atoms with Crippen molar-refractivity contribution in [3.8, 4) is 0 Å². The number of carbonyl (C=O) groups excluding carboxylic acids is 1. The van der Waals surface area contributed by atoms with Gasteiger partial charge in [0, 0.05) is 63.7 Å². The fraction of sp³-hybridized carbons (Fsp3) is 0.667. The Kier molecular flexibility index (Phi) is 11.5. The zero-order chi connectivity index (χ0) is 29.3. The molecule has 3 aliphatic rings. The van der Waals surface area contributed by atoms with E-state index < -0.39 is 24.3 Å². The molecule has 3 fully saturated rings. The van der Waals surface area contributed by atoms with Gasteiger partial charge >= 0.3 is 24.3 Å². The SMILES string of the molecule is O=C(O)C(F)(F)F.O=C(O)C(F)(F)F.O=C1CCC2(CCN(CC3CCOCC3)CC2)N1Cc1ccncc1. The third kappa shape index (κ3) is 10.3. The van der Waals surface area contributed by atoms with E-state index in [9.17, 15) is 31.1 Å². The minimum Gasteiger partial charge on any atom is -0.475 e. The summed E-state index contributed by atoms with van der Waals surface area (Å²) in [6, 6.07) is 4.05. The number of aliphatic carboxylic acids is 2. The number of aromatic nitrogens is 1. The van der Waals surface area contributed by atoms with Crippen molar-refractivity contribution >= 4 is 17.8 Å². The lowest BCUT2D eigenvalue weighted by molar-refractivity contribution is -0.193. The van der Waals surface area contributed by atoms with Crippen LogP contribution in [0.15, 0.2) is 24.5 Å². The van der Waals surface area contributed by atoms with E-state index in [1.165, 1.54) is 24.9 Å². The second-order valence-corrected chi connectivity index (χ2v) is 9.52. The number of piperidine rings is 1. The van der Waals surface area contributed by atoms with Crippen molar-refractivity contribution in [1.29, 1.82) is 0 Å². The van der Waals surface area contributed by atoms with Gasteiger partial charge in [0.15, 0.2) is 0 Å². The van der Waals surface area contributed by atoms with Gasteiger partial charge in [-0.25, -0.2) is 9.59 Å². The first-order chi connectivity index (χ1) is 18.1. The van der Waals surface area contributed by atoms with Crippen LogP contribution in [-0.4, -0.2) is 93.6 Å². The second-order valence-electron chi connectivity index (χ2n) is 9.52. The van der Waals surface area contributed by atoms with Gasteiger partial charge < -0.3 is 24.7 Å². The van der Waals surface area contributed by atoms with Gasteiger partial charge in [-0.2, -0.15) is 26.3 Å². The van der Waals surface area contributed by atoms with Crippen LogP contribution < -0.4 is 0 Å². The van der Waals surface area contributed by atoms with Crippen molar-refractivity contribution in [2.45, 2.75) is 63.0 Å². The molecular formula is C24H31F6N3O6. The Morgan fingerprint density at radius 3 is 1.90 bits per heavy atom. The van der Waals surface area contributed by atoms with Gasteiger partial charge in [0.25, 0.3) is 0 Å². The van der Waals surface area contributed by atoms with Crippen LogP contribution in [0.5, 0.6) is 0 Å². The predicted octanol–water partition coefficient (Wildman–Crippen LogP) is 3.73. The summed E-state index contributed by atoms with van der Waals surface area (Å²) in [5.74, 6) is -4.39. The van der Waals surface area contributed by atoms with Crippen molar-refractivity contribution in [2.75, 3.05) is 32.8 Å². The highest BCUT2D eigenvalue weighted by atomic mass is 19.4. The van der Waals surface area contributed by atoms with E-state index in [0.717, 1.165) is 58.0 Å². The molecule has 0 unspecified atom stereocenters. The molecule has 220 valence electrons. The highest BCUT2D eigenvalue weighted by Crippen LogP contribution is 2.40. The Hall–Kier alpha value is -2.94. The van der Waals surface area contributed by atoms with E-state index in [0.29, 0.717) is 12.3 Å². The van der Waals surface area contributed by atoms with Crippen molar-refractivity contribution in [3.05, 3.63) is 30.1 Å². The second kappa shape index (κ2) is 13.9. The van der Waals surface area contributed by atoms with E-state index in [-0.39, 0.29) is 5.54 Å². The molecule has 1 spiro atoms. The van der Waals surface area contributed by atoms with Crippen LogP contribution in [0.4, 0.5) is 26.3 Å². The minimum absolute atomic E-state index is 0.0898. The first-order valence-corrected chi connectivity index (χ1v) is 12.2. The van der Waals surface area contributed by atoms with Crippen LogP contribution in [0.3, 0.4) is 0 Å². The third-order valence-electron chi connectivity index (χ3n) is 6.90. The largest absolute Gasteiger partial charge is 0.490 e. The molecule has 4 rings (SSSR count). The summed E-state index contributed by atoms with van der Waals surface area (Å²) in [6.07, 6.45) is -0.145. The van der Waals surface area contributed by atoms with Gasteiger partial charge in [0.2, 0.25) is 5.91 Å². The Labute approximate surface area is 220 Å². The molecular weight excluding hydrogens is 540 g/mol. The van der Waals surface area contributed by atoms with Crippen LogP contribution in [0.25, 0.3) is 0 Å². The van der Waals surface area contributed by atoms with Gasteiger partial charge in [-0.15, -0.1) is 0 Å². The number of carboxylic acids is 2. The first kappa shape index (κ1) is 32.3. The number of amides is 1. The molecule has 1 amide bonds. The fourth-order valence-electron chi connectivity index (χ4n) is 4.77. The summed E-state index contributed by atoms with van der Waals surface area (Å²) in [4.78, 5) is 39.2. The number of rotatable bonds is 4. The van der Waals surface area contributed by atoms with Crippen molar-refractivity contribution < 1.29 is 55.7 Å². The molecule has 9 nitrogen and oxygen atoms in total. The summed E-state index contributed by atoms with van der Waals surface area (Å²) in [5.41, 5.74) is 1.28. The number of halogens is 6. The maximum Gasteiger partial charge on any atom is 0.490 e. The molecule has 1 aromatic heterocycles. The zero-order valence-electron chi connectivity index (χ0n) is 21.0. The Morgan fingerprint density at radius 1 is 0.949 bits per heavy atom. The van der Waals surface area contributed by atoms with Crippen molar-refractivity contribution in [1.82, 2.24) is 14.8 Å². The predicted molar refractivity (Wildman–Crippen MR) is 123 cm³/mol. The minimum atomic E-state index is -5.08. The van der Waals surface area contributed by atoms with Gasteiger partial charge in [0.1, 0.15) is 0 Å². The first-order valence-electron chi connectivity index (χ1n) is 12.2. The summed E-state index contributed by atoms with van der Waals surface area (Å²) in [5, 5.41) is 14.2. The van der Waals surface area contributed by atoms with Crippen LogP contribution >= 0.6 is 0 Å². The van der Waals surface area contributed by atoms with Crippen LogP contribution in [0, 0.1) is 5.92 Å². The third-order valence-corrected chi connectivity index (χ3v) is 6.90. The van der Waals surface area contributed by atoms with Crippen molar-refractivity contribution in [2.24, 2.45) is 5.92 Å². The van der Waals surface area contributed by atoms with Crippen LogP contribution in [0.2, 0.25) is 0 Å². The number of carboxylic acid groups (broad SMARTS) is 2. The summed E-state index contributed by atoms with van der Waals surface area (Å²) >= 11 is 0. The number of hydrogen-bond donors (Lipinski definition) is 2. The lowest BCUT2D eigenvalue weighted by Gasteiger charge is -2.46. The molecule has 0 aliphatic carbocycles. The Bertz CT molecular complexity index is 922. The number of alkyl halides is 6. The normalized spacial score (nSPS) is 20.1. The van der Waals surface area contributed by atoms with Gasteiger partial charge in [-0.1, -0.05) is 0 Å². The molecule has 0 atom stereocenters. The summed E-state index contributed by atoms with van der Waals surface area (Å²) < 4.78 is 69.0. The fourth-order valence-corrected chi connectivity index (χ4v) is 4.77. The Morgan fingerprint density at radius 2 is 1.44 bits per heavy atom. The lowest BCUT2D eigenvalue weighted by Crippen LogP contribution is -2.53. The maximum absolute atomic E-state index is 12.5. The molecule has 0 aromatic carbocycles. The van der Waals surface area contributed by atoms with Crippen LogP contribution in [-0.2, 0) is 25.7 Å². The van der Waals surface area contributed by atoms with Gasteiger partial charge in [0.05, 0.1) is 0 Å². The monoisotopic (exact) mass is 571 g/mol. The maximum atomic E-state index is 12.5. The number of pyridine rings is 1. The topological polar surface area (TPSA) is 120 Å². The molecule has 3 aliphatic heterocycles. The molecule has 0 bridgehead atoms. The number of likely N-dealkylation sites (tertiary alicyclic amines) is 2. The molecule has 39 heavy (non-hydrogen) atoms. The summed E-state index contributed by atoms with van der Waals surface area (Å²) in [6.45, 7) is 6.04. The van der Waals surface area contributed by atoms with Gasteiger partial charge in [-0.05, 0) is 55.7 Å². The lowest BCUT2D eigenvalue weighted by atomic mass is 9.84. The van der Waals surface area contributed by atoms with E-state index in [4.69, 9.17) is 24.5 Å². The van der Waals surface area contributed by atoms with E-state index in [1.54, 1.807) is 0 Å². The number of ether oxygens (including phenoxy) is 1. The highest BCUT2D eigenvalue weighted by molar-refractivity contribution is 5.79. The number of nitrogens with zero attached hydrogens (tertiary/aromatic N) is 3. The zero-order valence-corrected chi connectivity index (χ0v) is 21.0. The average molecular weight is 572 g/mol. The summed E-state index contributed by atoms with van der Waals surface area (Å²) in [7, 11) is 0.